The molecule has 0 saturated heterocycles. The fourth-order valence-electron chi connectivity index (χ4n) is 0.557. The molecule has 0 aliphatic heterocycles. The summed E-state index contributed by atoms with van der Waals surface area (Å²) in [5.74, 6) is 1.00. The van der Waals surface area contributed by atoms with E-state index in [4.69, 9.17) is 2.85 Å². The van der Waals surface area contributed by atoms with Crippen LogP contribution in [0.2, 0.25) is 0 Å². The van der Waals surface area contributed by atoms with Gasteiger partial charge in [0.15, 0.2) is 0 Å². The Balaban J connectivity index is 2.83. The molecule has 0 spiro atoms. The molecule has 0 aliphatic rings. The number of benzene rings is 1. The molecule has 0 atom stereocenters. The topological polar surface area (TPSA) is 9.23 Å². The minimum atomic E-state index is 0.323. The molecule has 0 heterocycles. The number of rotatable bonds is 1. The molecule has 1 aromatic carbocycles. The van der Waals surface area contributed by atoms with E-state index in [2.05, 4.69) is 0 Å². The van der Waals surface area contributed by atoms with Crippen molar-refractivity contribution in [1.29, 1.82) is 0 Å². The first-order valence-corrected chi connectivity index (χ1v) is 4.85. The summed E-state index contributed by atoms with van der Waals surface area (Å²) in [6.45, 7) is 0. The van der Waals surface area contributed by atoms with Gasteiger partial charge in [-0.3, -0.25) is 0 Å². The Morgan fingerprint density at radius 3 is 2.12 bits per heavy atom. The van der Waals surface area contributed by atoms with Gasteiger partial charge in [-0.2, -0.15) is 0 Å². The SMILES string of the molecule is [InH2][O]c1ccccc1. The third-order valence-electron chi connectivity index (χ3n) is 0.979. The Morgan fingerprint density at radius 1 is 1.12 bits per heavy atom. The van der Waals surface area contributed by atoms with Crippen molar-refractivity contribution in [2.75, 3.05) is 0 Å². The summed E-state index contributed by atoms with van der Waals surface area (Å²) in [5.41, 5.74) is 0. The Hall–Kier alpha value is -0.110. The average Bonchev–Trinajstić information content (AvgIpc) is 1.90. The van der Waals surface area contributed by atoms with Gasteiger partial charge in [0.25, 0.3) is 0 Å². The molecule has 0 amide bonds. The van der Waals surface area contributed by atoms with Crippen molar-refractivity contribution >= 4 is 24.8 Å². The molecule has 0 radical (unpaired) electrons. The van der Waals surface area contributed by atoms with Crippen LogP contribution in [0.3, 0.4) is 0 Å². The monoisotopic (exact) mass is 210 g/mol. The first-order chi connectivity index (χ1) is 3.93. The van der Waals surface area contributed by atoms with E-state index in [1.54, 1.807) is 0 Å². The van der Waals surface area contributed by atoms with Gasteiger partial charge >= 0.3 is 63.7 Å². The van der Waals surface area contributed by atoms with Crippen LogP contribution in [0.15, 0.2) is 30.3 Å². The van der Waals surface area contributed by atoms with E-state index in [-0.39, 0.29) is 0 Å². The number of para-hydroxylation sites is 1. The second-order valence-corrected chi connectivity index (χ2v) is 2.68. The van der Waals surface area contributed by atoms with Gasteiger partial charge < -0.3 is 0 Å². The van der Waals surface area contributed by atoms with Gasteiger partial charge in [-0.1, -0.05) is 0 Å². The number of hydrogen-bond acceptors (Lipinski definition) is 1. The summed E-state index contributed by atoms with van der Waals surface area (Å²) >= 11 is 0.323. The van der Waals surface area contributed by atoms with Crippen molar-refractivity contribution in [2.24, 2.45) is 0 Å². The van der Waals surface area contributed by atoms with Crippen LogP contribution in [-0.4, -0.2) is 24.8 Å². The second kappa shape index (κ2) is 3.02. The molecule has 8 heavy (non-hydrogen) atoms. The molecule has 0 saturated carbocycles. The van der Waals surface area contributed by atoms with Gasteiger partial charge in [-0.25, -0.2) is 0 Å². The third kappa shape index (κ3) is 1.44. The third-order valence-corrected chi connectivity index (χ3v) is 2.32. The van der Waals surface area contributed by atoms with E-state index in [1.165, 1.54) is 0 Å². The van der Waals surface area contributed by atoms with E-state index in [0.29, 0.717) is 24.8 Å². The van der Waals surface area contributed by atoms with E-state index in [1.807, 2.05) is 30.3 Å². The van der Waals surface area contributed by atoms with Crippen LogP contribution in [-0.2, 0) is 0 Å². The fraction of sp³-hybridized carbons (Fsp3) is 0. The van der Waals surface area contributed by atoms with Crippen molar-refractivity contribution in [1.82, 2.24) is 0 Å². The molecular weight excluding hydrogens is 203 g/mol. The van der Waals surface area contributed by atoms with Crippen LogP contribution in [0, 0.1) is 0 Å². The van der Waals surface area contributed by atoms with Crippen LogP contribution < -0.4 is 2.85 Å². The van der Waals surface area contributed by atoms with Gasteiger partial charge in [-0.05, 0) is 0 Å². The molecule has 0 unspecified atom stereocenters. The molecule has 0 N–H and O–H groups in total. The van der Waals surface area contributed by atoms with E-state index < -0.39 is 0 Å². The van der Waals surface area contributed by atoms with Gasteiger partial charge in [0.1, 0.15) is 0 Å². The summed E-state index contributed by atoms with van der Waals surface area (Å²) < 4.78 is 5.12. The van der Waals surface area contributed by atoms with Crippen LogP contribution >= 0.6 is 0 Å². The molecule has 0 bridgehead atoms. The zero-order valence-electron chi connectivity index (χ0n) is 4.79. The summed E-state index contributed by atoms with van der Waals surface area (Å²) in [4.78, 5) is 0. The van der Waals surface area contributed by atoms with E-state index >= 15 is 0 Å². The van der Waals surface area contributed by atoms with Crippen molar-refractivity contribution in [2.45, 2.75) is 0 Å². The molecule has 0 aromatic heterocycles. The zero-order chi connectivity index (χ0) is 5.82. The van der Waals surface area contributed by atoms with Crippen LogP contribution in [0.5, 0.6) is 5.75 Å². The molecule has 2 heteroatoms. The van der Waals surface area contributed by atoms with Gasteiger partial charge in [0.05, 0.1) is 0 Å². The quantitative estimate of drug-likeness (QED) is 0.659. The Morgan fingerprint density at radius 2 is 1.75 bits per heavy atom. The zero-order valence-corrected chi connectivity index (χ0v) is 10.5. The normalized spacial score (nSPS) is 8.50. The average molecular weight is 210 g/mol. The molecular formula is C6H7InO. The molecule has 0 fully saturated rings. The maximum absolute atomic E-state index is 5.12. The van der Waals surface area contributed by atoms with Crippen LogP contribution in [0.25, 0.3) is 0 Å². The predicted molar refractivity (Wildman–Crippen MR) is 35.6 cm³/mol. The number of hydrogen-bond donors (Lipinski definition) is 0. The summed E-state index contributed by atoms with van der Waals surface area (Å²) in [6.07, 6.45) is 0. The Bertz CT molecular complexity index is 150. The van der Waals surface area contributed by atoms with Gasteiger partial charge in [-0.15, -0.1) is 0 Å². The second-order valence-electron chi connectivity index (χ2n) is 1.52. The Labute approximate surface area is 63.8 Å². The first-order valence-electron chi connectivity index (χ1n) is 2.52. The predicted octanol–water partition coefficient (Wildman–Crippen LogP) is 0.613. The van der Waals surface area contributed by atoms with E-state index in [0.717, 1.165) is 5.75 Å². The fourth-order valence-corrected chi connectivity index (χ4v) is 1.33. The molecule has 1 nitrogen and oxygen atoms in total. The van der Waals surface area contributed by atoms with Gasteiger partial charge in [0.2, 0.25) is 0 Å². The summed E-state index contributed by atoms with van der Waals surface area (Å²) in [7, 11) is 0. The van der Waals surface area contributed by atoms with Crippen molar-refractivity contribution in [3.05, 3.63) is 30.3 Å². The van der Waals surface area contributed by atoms with E-state index in [9.17, 15) is 0 Å². The molecule has 40 valence electrons. The maximum atomic E-state index is 5.12. The molecule has 1 aromatic rings. The standard InChI is InChI=1S/C6H6O.In.2H/c7-6-4-2-1-3-5-6;;;/h1-5,7H;;;/q;+1;;/p-1. The van der Waals surface area contributed by atoms with Crippen LogP contribution in [0.4, 0.5) is 0 Å². The van der Waals surface area contributed by atoms with Crippen molar-refractivity contribution in [3.8, 4) is 5.75 Å². The Kier molecular flexibility index (Phi) is 2.27. The van der Waals surface area contributed by atoms with Crippen LogP contribution in [0.1, 0.15) is 0 Å². The van der Waals surface area contributed by atoms with Crippen molar-refractivity contribution < 1.29 is 2.85 Å². The summed E-state index contributed by atoms with van der Waals surface area (Å²) in [6, 6.07) is 9.88. The molecule has 0 aliphatic carbocycles. The molecule has 1 rings (SSSR count). The minimum absolute atomic E-state index is 0.323. The van der Waals surface area contributed by atoms with Crippen molar-refractivity contribution in [3.63, 3.8) is 0 Å². The summed E-state index contributed by atoms with van der Waals surface area (Å²) in [5, 5.41) is 0. The first kappa shape index (κ1) is 6.02. The van der Waals surface area contributed by atoms with Gasteiger partial charge in [0, 0.05) is 0 Å².